The van der Waals surface area contributed by atoms with Gasteiger partial charge in [-0.1, -0.05) is 18.2 Å². The van der Waals surface area contributed by atoms with E-state index in [4.69, 9.17) is 9.52 Å². The normalized spacial score (nSPS) is 11.0. The molecule has 1 heterocycles. The Morgan fingerprint density at radius 1 is 1.18 bits per heavy atom. The fourth-order valence-corrected chi connectivity index (χ4v) is 1.60. The van der Waals surface area contributed by atoms with Gasteiger partial charge in [-0.05, 0) is 18.2 Å². The van der Waals surface area contributed by atoms with Gasteiger partial charge in [0.2, 0.25) is 0 Å². The monoisotopic (exact) mass is 302 g/mol. The molecule has 0 atom stereocenters. The standard InChI is InChI=1S/C14H10N2O6/c17-13(9-4-2-1-3-5-9)15-11(14(18)19)8-10-6-7-12(22-10)16(20)21/h1-8H,(H,15,17)(H,18,19). The molecule has 2 N–H and O–H groups in total. The van der Waals surface area contributed by atoms with E-state index in [0.717, 1.165) is 12.1 Å². The minimum Gasteiger partial charge on any atom is -0.477 e. The molecule has 2 aromatic rings. The molecule has 0 aliphatic carbocycles. The van der Waals surface area contributed by atoms with E-state index in [-0.39, 0.29) is 11.3 Å². The Morgan fingerprint density at radius 3 is 2.41 bits per heavy atom. The van der Waals surface area contributed by atoms with Crippen LogP contribution in [0.4, 0.5) is 5.88 Å². The number of rotatable bonds is 5. The van der Waals surface area contributed by atoms with Gasteiger partial charge >= 0.3 is 11.9 Å². The topological polar surface area (TPSA) is 123 Å². The maximum Gasteiger partial charge on any atom is 0.433 e. The lowest BCUT2D eigenvalue weighted by atomic mass is 10.2. The number of nitrogens with one attached hydrogen (secondary N) is 1. The summed E-state index contributed by atoms with van der Waals surface area (Å²) in [5.41, 5.74) is -0.182. The first-order chi connectivity index (χ1) is 10.5. The first kappa shape index (κ1) is 15.0. The Bertz CT molecular complexity index is 748. The number of amides is 1. The number of carboxylic acids is 1. The van der Waals surface area contributed by atoms with E-state index in [1.165, 1.54) is 18.2 Å². The second-order valence-electron chi connectivity index (χ2n) is 4.12. The van der Waals surface area contributed by atoms with Gasteiger partial charge in [0.15, 0.2) is 0 Å². The highest BCUT2D eigenvalue weighted by Crippen LogP contribution is 2.17. The Labute approximate surface area is 123 Å². The Hall–Kier alpha value is -3.42. The van der Waals surface area contributed by atoms with Crippen LogP contribution in [-0.4, -0.2) is 21.9 Å². The summed E-state index contributed by atoms with van der Waals surface area (Å²) >= 11 is 0. The number of hydrogen-bond acceptors (Lipinski definition) is 5. The summed E-state index contributed by atoms with van der Waals surface area (Å²) in [5, 5.41) is 21.8. The first-order valence-electron chi connectivity index (χ1n) is 6.03. The van der Waals surface area contributed by atoms with Gasteiger partial charge in [0.25, 0.3) is 5.91 Å². The SMILES string of the molecule is O=C(O)C(=Cc1ccc([N+](=O)[O-])o1)NC(=O)c1ccccc1. The number of carboxylic acid groups (broad SMARTS) is 1. The predicted octanol–water partition coefficient (Wildman–Crippen LogP) is 2.04. The molecule has 0 unspecified atom stereocenters. The number of nitrogens with zero attached hydrogens (tertiary/aromatic N) is 1. The van der Waals surface area contributed by atoms with Crippen LogP contribution in [0.1, 0.15) is 16.1 Å². The molecule has 0 spiro atoms. The van der Waals surface area contributed by atoms with Gasteiger partial charge < -0.3 is 14.8 Å². The van der Waals surface area contributed by atoms with Crippen molar-refractivity contribution in [2.75, 3.05) is 0 Å². The van der Waals surface area contributed by atoms with Gasteiger partial charge in [-0.2, -0.15) is 0 Å². The lowest BCUT2D eigenvalue weighted by Crippen LogP contribution is -2.27. The molecule has 1 amide bonds. The molecule has 22 heavy (non-hydrogen) atoms. The van der Waals surface area contributed by atoms with Gasteiger partial charge in [-0.15, -0.1) is 0 Å². The molecule has 2 rings (SSSR count). The summed E-state index contributed by atoms with van der Waals surface area (Å²) in [4.78, 5) is 32.8. The van der Waals surface area contributed by atoms with E-state index < -0.39 is 28.4 Å². The van der Waals surface area contributed by atoms with Crippen molar-refractivity contribution in [2.24, 2.45) is 0 Å². The van der Waals surface area contributed by atoms with Crippen LogP contribution < -0.4 is 5.32 Å². The quantitative estimate of drug-likeness (QED) is 0.495. The van der Waals surface area contributed by atoms with Crippen molar-refractivity contribution >= 4 is 23.8 Å². The Balaban J connectivity index is 2.22. The number of furan rings is 1. The third-order valence-corrected chi connectivity index (χ3v) is 2.59. The number of carbonyl (C=O) groups excluding carboxylic acids is 1. The second-order valence-corrected chi connectivity index (χ2v) is 4.12. The Kier molecular flexibility index (Phi) is 4.33. The number of benzene rings is 1. The molecule has 0 saturated heterocycles. The van der Waals surface area contributed by atoms with Crippen molar-refractivity contribution in [3.8, 4) is 0 Å². The van der Waals surface area contributed by atoms with Crippen LogP contribution in [-0.2, 0) is 4.79 Å². The van der Waals surface area contributed by atoms with Gasteiger partial charge in [0, 0.05) is 11.6 Å². The maximum absolute atomic E-state index is 11.9. The zero-order valence-corrected chi connectivity index (χ0v) is 11.1. The van der Waals surface area contributed by atoms with E-state index in [1.807, 2.05) is 0 Å². The van der Waals surface area contributed by atoms with Gasteiger partial charge in [0.05, 0.1) is 6.07 Å². The summed E-state index contributed by atoms with van der Waals surface area (Å²) in [6, 6.07) is 10.3. The molecule has 1 aromatic heterocycles. The summed E-state index contributed by atoms with van der Waals surface area (Å²) in [6.45, 7) is 0. The van der Waals surface area contributed by atoms with Crippen LogP contribution in [0.5, 0.6) is 0 Å². The van der Waals surface area contributed by atoms with Crippen molar-refractivity contribution < 1.29 is 24.0 Å². The highest BCUT2D eigenvalue weighted by atomic mass is 16.6. The van der Waals surface area contributed by atoms with E-state index in [0.29, 0.717) is 0 Å². The van der Waals surface area contributed by atoms with Crippen molar-refractivity contribution in [2.45, 2.75) is 0 Å². The number of carbonyl (C=O) groups is 2. The lowest BCUT2D eigenvalue weighted by molar-refractivity contribution is -0.402. The minimum absolute atomic E-state index is 0.0579. The summed E-state index contributed by atoms with van der Waals surface area (Å²) in [5.74, 6) is -2.60. The maximum atomic E-state index is 11.9. The van der Waals surface area contributed by atoms with Crippen LogP contribution in [0.15, 0.2) is 52.6 Å². The molecule has 8 nitrogen and oxygen atoms in total. The molecule has 0 saturated carbocycles. The molecule has 0 aliphatic heterocycles. The summed E-state index contributed by atoms with van der Waals surface area (Å²) < 4.78 is 4.82. The lowest BCUT2D eigenvalue weighted by Gasteiger charge is -2.05. The molecule has 0 fully saturated rings. The van der Waals surface area contributed by atoms with Gasteiger partial charge in [-0.3, -0.25) is 14.9 Å². The number of aliphatic carboxylic acids is 1. The average molecular weight is 302 g/mol. The zero-order valence-electron chi connectivity index (χ0n) is 11.1. The van der Waals surface area contributed by atoms with Crippen LogP contribution in [0.3, 0.4) is 0 Å². The minimum atomic E-state index is -1.40. The van der Waals surface area contributed by atoms with Crippen LogP contribution in [0.2, 0.25) is 0 Å². The van der Waals surface area contributed by atoms with Crippen LogP contribution in [0, 0.1) is 10.1 Å². The molecule has 1 aromatic carbocycles. The molecule has 8 heteroatoms. The van der Waals surface area contributed by atoms with Crippen LogP contribution in [0.25, 0.3) is 6.08 Å². The average Bonchev–Trinajstić information content (AvgIpc) is 2.96. The third-order valence-electron chi connectivity index (χ3n) is 2.59. The summed E-state index contributed by atoms with van der Waals surface area (Å²) in [7, 11) is 0. The van der Waals surface area contributed by atoms with Gasteiger partial charge in [-0.25, -0.2) is 4.79 Å². The van der Waals surface area contributed by atoms with Crippen molar-refractivity contribution in [3.05, 3.63) is 69.6 Å². The molecule has 0 radical (unpaired) electrons. The fraction of sp³-hybridized carbons (Fsp3) is 0. The van der Waals surface area contributed by atoms with Gasteiger partial charge in [0.1, 0.15) is 16.4 Å². The smallest absolute Gasteiger partial charge is 0.433 e. The molecular weight excluding hydrogens is 292 g/mol. The van der Waals surface area contributed by atoms with Crippen LogP contribution >= 0.6 is 0 Å². The van der Waals surface area contributed by atoms with Crippen molar-refractivity contribution in [3.63, 3.8) is 0 Å². The number of hydrogen-bond donors (Lipinski definition) is 2. The molecular formula is C14H10N2O6. The largest absolute Gasteiger partial charge is 0.477 e. The highest BCUT2D eigenvalue weighted by molar-refractivity contribution is 6.02. The molecule has 112 valence electrons. The Morgan fingerprint density at radius 2 is 1.86 bits per heavy atom. The third kappa shape index (κ3) is 3.57. The van der Waals surface area contributed by atoms with Crippen molar-refractivity contribution in [1.82, 2.24) is 5.32 Å². The molecule has 0 aliphatic rings. The van der Waals surface area contributed by atoms with E-state index >= 15 is 0 Å². The summed E-state index contributed by atoms with van der Waals surface area (Å²) in [6.07, 6.45) is 0.996. The highest BCUT2D eigenvalue weighted by Gasteiger charge is 2.16. The zero-order chi connectivity index (χ0) is 16.1. The second kappa shape index (κ2) is 6.35. The first-order valence-corrected chi connectivity index (χ1v) is 6.03. The van der Waals surface area contributed by atoms with E-state index in [2.05, 4.69) is 5.32 Å². The number of nitro groups is 1. The molecule has 0 bridgehead atoms. The fourth-order valence-electron chi connectivity index (χ4n) is 1.60. The van der Waals surface area contributed by atoms with Crippen molar-refractivity contribution in [1.29, 1.82) is 0 Å². The van der Waals surface area contributed by atoms with E-state index in [9.17, 15) is 19.7 Å². The van der Waals surface area contributed by atoms with E-state index in [1.54, 1.807) is 18.2 Å². The predicted molar refractivity (Wildman–Crippen MR) is 74.9 cm³/mol.